The Morgan fingerprint density at radius 3 is 2.41 bits per heavy atom. The fraction of sp³-hybridized carbons (Fsp3) is 0.150. The third-order valence-corrected chi connectivity index (χ3v) is 4.37. The molecule has 27 heavy (non-hydrogen) atoms. The molecule has 1 heterocycles. The smallest absolute Gasteiger partial charge is 0.255 e. The number of halogens is 1. The number of aromatic nitrogens is 2. The van der Waals surface area contributed by atoms with Gasteiger partial charge in [0.2, 0.25) is 0 Å². The summed E-state index contributed by atoms with van der Waals surface area (Å²) in [6, 6.07) is 16.8. The highest BCUT2D eigenvalue weighted by atomic mass is 127. The SMILES string of the molecule is CCNc1cc(Nc2ccc(NC(=O)c3cccc(I)c3)cc2)nc(C)n1. The van der Waals surface area contributed by atoms with Crippen LogP contribution in [0.2, 0.25) is 0 Å². The van der Waals surface area contributed by atoms with Crippen molar-refractivity contribution in [3.8, 4) is 0 Å². The predicted molar refractivity (Wildman–Crippen MR) is 118 cm³/mol. The van der Waals surface area contributed by atoms with Gasteiger partial charge in [-0.1, -0.05) is 6.07 Å². The lowest BCUT2D eigenvalue weighted by Gasteiger charge is -2.10. The standard InChI is InChI=1S/C20H20IN5O/c1-3-22-18-12-19(24-13(2)23-18)25-16-7-9-17(10-8-16)26-20(27)14-5-4-6-15(21)11-14/h4-12H,3H2,1-2H3,(H,26,27)(H2,22,23,24,25). The normalized spacial score (nSPS) is 10.3. The molecule has 0 atom stereocenters. The van der Waals surface area contributed by atoms with Crippen LogP contribution in [0.15, 0.2) is 54.6 Å². The van der Waals surface area contributed by atoms with E-state index in [4.69, 9.17) is 0 Å². The average Bonchev–Trinajstić information content (AvgIpc) is 2.63. The number of benzene rings is 2. The Morgan fingerprint density at radius 2 is 1.70 bits per heavy atom. The van der Waals surface area contributed by atoms with Crippen LogP contribution in [0.5, 0.6) is 0 Å². The number of rotatable bonds is 6. The molecule has 1 amide bonds. The first-order chi connectivity index (χ1) is 13.0. The molecule has 6 nitrogen and oxygen atoms in total. The number of anilines is 4. The van der Waals surface area contributed by atoms with Crippen LogP contribution in [0.4, 0.5) is 23.0 Å². The van der Waals surface area contributed by atoms with Gasteiger partial charge in [0.05, 0.1) is 0 Å². The highest BCUT2D eigenvalue weighted by molar-refractivity contribution is 14.1. The van der Waals surface area contributed by atoms with E-state index < -0.39 is 0 Å². The number of carbonyl (C=O) groups is 1. The first-order valence-electron chi connectivity index (χ1n) is 8.57. The number of hydrogen-bond acceptors (Lipinski definition) is 5. The zero-order chi connectivity index (χ0) is 19.2. The van der Waals surface area contributed by atoms with Crippen LogP contribution in [0, 0.1) is 10.5 Å². The lowest BCUT2D eigenvalue weighted by molar-refractivity contribution is 0.102. The second kappa shape index (κ2) is 8.81. The summed E-state index contributed by atoms with van der Waals surface area (Å²) in [7, 11) is 0. The van der Waals surface area contributed by atoms with E-state index in [1.165, 1.54) is 0 Å². The van der Waals surface area contributed by atoms with Gasteiger partial charge in [-0.2, -0.15) is 0 Å². The fourth-order valence-electron chi connectivity index (χ4n) is 2.52. The van der Waals surface area contributed by atoms with Gasteiger partial charge < -0.3 is 16.0 Å². The maximum Gasteiger partial charge on any atom is 0.255 e. The van der Waals surface area contributed by atoms with Gasteiger partial charge in [-0.15, -0.1) is 0 Å². The van der Waals surface area contributed by atoms with Crippen LogP contribution in [-0.2, 0) is 0 Å². The minimum atomic E-state index is -0.129. The summed E-state index contributed by atoms with van der Waals surface area (Å²) in [6.07, 6.45) is 0. The van der Waals surface area contributed by atoms with Crippen molar-refractivity contribution in [3.05, 3.63) is 69.6 Å². The molecule has 0 aliphatic heterocycles. The number of carbonyl (C=O) groups excluding carboxylic acids is 1. The topological polar surface area (TPSA) is 78.9 Å². The van der Waals surface area contributed by atoms with Gasteiger partial charge in [0, 0.05) is 33.1 Å². The van der Waals surface area contributed by atoms with Crippen molar-refractivity contribution in [2.45, 2.75) is 13.8 Å². The second-order valence-electron chi connectivity index (χ2n) is 5.88. The number of hydrogen-bond donors (Lipinski definition) is 3. The number of nitrogens with one attached hydrogen (secondary N) is 3. The first kappa shape index (κ1) is 19.1. The number of nitrogens with zero attached hydrogens (tertiary/aromatic N) is 2. The van der Waals surface area contributed by atoms with Crippen molar-refractivity contribution in [2.75, 3.05) is 22.5 Å². The van der Waals surface area contributed by atoms with Gasteiger partial charge in [-0.3, -0.25) is 4.79 Å². The molecule has 0 aliphatic carbocycles. The predicted octanol–water partition coefficient (Wildman–Crippen LogP) is 4.82. The van der Waals surface area contributed by atoms with Crippen LogP contribution in [0.3, 0.4) is 0 Å². The average molecular weight is 473 g/mol. The highest BCUT2D eigenvalue weighted by Gasteiger charge is 2.07. The van der Waals surface area contributed by atoms with E-state index in [1.807, 2.05) is 62.4 Å². The summed E-state index contributed by atoms with van der Waals surface area (Å²) in [5.41, 5.74) is 2.25. The summed E-state index contributed by atoms with van der Waals surface area (Å²) in [6.45, 7) is 4.67. The lowest BCUT2D eigenvalue weighted by Crippen LogP contribution is -2.11. The third-order valence-electron chi connectivity index (χ3n) is 3.70. The summed E-state index contributed by atoms with van der Waals surface area (Å²) >= 11 is 2.19. The van der Waals surface area contributed by atoms with Crippen LogP contribution >= 0.6 is 22.6 Å². The van der Waals surface area contributed by atoms with Crippen molar-refractivity contribution in [1.82, 2.24) is 9.97 Å². The highest BCUT2D eigenvalue weighted by Crippen LogP contribution is 2.20. The van der Waals surface area contributed by atoms with Crippen LogP contribution < -0.4 is 16.0 Å². The summed E-state index contributed by atoms with van der Waals surface area (Å²) in [4.78, 5) is 21.1. The zero-order valence-electron chi connectivity index (χ0n) is 15.1. The fourth-order valence-corrected chi connectivity index (χ4v) is 3.06. The van der Waals surface area contributed by atoms with E-state index in [2.05, 4.69) is 48.5 Å². The molecule has 138 valence electrons. The quantitative estimate of drug-likeness (QED) is 0.448. The molecule has 3 rings (SSSR count). The van der Waals surface area contributed by atoms with Crippen molar-refractivity contribution in [3.63, 3.8) is 0 Å². The molecule has 0 saturated carbocycles. The second-order valence-corrected chi connectivity index (χ2v) is 7.13. The van der Waals surface area contributed by atoms with Crippen molar-refractivity contribution >= 4 is 51.5 Å². The van der Waals surface area contributed by atoms with Crippen LogP contribution in [0.1, 0.15) is 23.1 Å². The van der Waals surface area contributed by atoms with Crippen molar-refractivity contribution in [2.24, 2.45) is 0 Å². The zero-order valence-corrected chi connectivity index (χ0v) is 17.2. The molecule has 0 saturated heterocycles. The van der Waals surface area contributed by atoms with Gasteiger partial charge in [-0.25, -0.2) is 9.97 Å². The minimum absolute atomic E-state index is 0.129. The van der Waals surface area contributed by atoms with Crippen molar-refractivity contribution in [1.29, 1.82) is 0 Å². The Labute approximate surface area is 172 Å². The number of amides is 1. The largest absolute Gasteiger partial charge is 0.370 e. The molecule has 0 unspecified atom stereocenters. The summed E-state index contributed by atoms with van der Waals surface area (Å²) in [5.74, 6) is 2.07. The third kappa shape index (κ3) is 5.40. The molecule has 0 aliphatic rings. The Bertz CT molecular complexity index is 943. The van der Waals surface area contributed by atoms with E-state index >= 15 is 0 Å². The van der Waals surface area contributed by atoms with Crippen molar-refractivity contribution < 1.29 is 4.79 Å². The molecule has 1 aromatic heterocycles. The Hall–Kier alpha value is -2.68. The Kier molecular flexibility index (Phi) is 6.23. The molecule has 0 spiro atoms. The van der Waals surface area contributed by atoms with Gasteiger partial charge in [0.15, 0.2) is 0 Å². The molecular formula is C20H20IN5O. The van der Waals surface area contributed by atoms with Gasteiger partial charge in [0.1, 0.15) is 17.5 Å². The molecule has 3 N–H and O–H groups in total. The van der Waals surface area contributed by atoms with E-state index in [9.17, 15) is 4.79 Å². The summed E-state index contributed by atoms with van der Waals surface area (Å²) in [5, 5.41) is 9.35. The van der Waals surface area contributed by atoms with E-state index in [0.717, 1.165) is 27.3 Å². The number of aryl methyl sites for hydroxylation is 1. The van der Waals surface area contributed by atoms with E-state index in [0.29, 0.717) is 17.2 Å². The van der Waals surface area contributed by atoms with Gasteiger partial charge in [0.25, 0.3) is 5.91 Å². The molecule has 3 aromatic rings. The maximum absolute atomic E-state index is 12.3. The van der Waals surface area contributed by atoms with Crippen LogP contribution in [-0.4, -0.2) is 22.4 Å². The monoisotopic (exact) mass is 473 g/mol. The molecule has 0 fully saturated rings. The van der Waals surface area contributed by atoms with E-state index in [1.54, 1.807) is 6.07 Å². The van der Waals surface area contributed by atoms with Crippen LogP contribution in [0.25, 0.3) is 0 Å². The molecule has 0 radical (unpaired) electrons. The molecule has 7 heteroatoms. The summed E-state index contributed by atoms with van der Waals surface area (Å²) < 4.78 is 1.02. The molecule has 0 bridgehead atoms. The van der Waals surface area contributed by atoms with Gasteiger partial charge in [-0.05, 0) is 78.9 Å². The van der Waals surface area contributed by atoms with E-state index in [-0.39, 0.29) is 5.91 Å². The first-order valence-corrected chi connectivity index (χ1v) is 9.65. The Morgan fingerprint density at radius 1 is 1.00 bits per heavy atom. The molecule has 2 aromatic carbocycles. The molecular weight excluding hydrogens is 453 g/mol. The Balaban J connectivity index is 1.68. The lowest BCUT2D eigenvalue weighted by atomic mass is 10.2. The van der Waals surface area contributed by atoms with Gasteiger partial charge >= 0.3 is 0 Å². The maximum atomic E-state index is 12.3. The minimum Gasteiger partial charge on any atom is -0.370 e.